The number of primary amides is 1. The number of carbonyl (C=O) groups is 1. The minimum absolute atomic E-state index is 0.0391. The lowest BCUT2D eigenvalue weighted by atomic mass is 10.2. The van der Waals surface area contributed by atoms with Crippen molar-refractivity contribution < 1.29 is 9.00 Å². The van der Waals surface area contributed by atoms with Crippen molar-refractivity contribution in [3.05, 3.63) is 30.4 Å². The molecule has 0 saturated carbocycles. The van der Waals surface area contributed by atoms with Crippen molar-refractivity contribution in [2.24, 2.45) is 5.73 Å². The maximum absolute atomic E-state index is 11.6. The van der Waals surface area contributed by atoms with E-state index in [4.69, 9.17) is 11.5 Å². The van der Waals surface area contributed by atoms with Gasteiger partial charge in [0.2, 0.25) is 0 Å². The third kappa shape index (κ3) is 3.66. The van der Waals surface area contributed by atoms with Crippen LogP contribution in [-0.4, -0.2) is 37.2 Å². The summed E-state index contributed by atoms with van der Waals surface area (Å²) in [5.74, 6) is 2.70. The third-order valence-corrected chi connectivity index (χ3v) is 3.07. The summed E-state index contributed by atoms with van der Waals surface area (Å²) in [4.78, 5) is 23.2. The number of rotatable bonds is 4. The van der Waals surface area contributed by atoms with Gasteiger partial charge in [-0.3, -0.25) is 9.78 Å². The monoisotopic (exact) mass is 306 g/mol. The highest BCUT2D eigenvalue weighted by atomic mass is 32.2. The van der Waals surface area contributed by atoms with Gasteiger partial charge in [0.15, 0.2) is 11.5 Å². The van der Waals surface area contributed by atoms with Gasteiger partial charge in [0.05, 0.1) is 23.8 Å². The third-order valence-electron chi connectivity index (χ3n) is 2.40. The van der Waals surface area contributed by atoms with Gasteiger partial charge in [-0.25, -0.2) is 14.2 Å². The molecule has 0 bridgehead atoms. The molecule has 2 aromatic rings. The van der Waals surface area contributed by atoms with Crippen LogP contribution in [0.15, 0.2) is 24.7 Å². The van der Waals surface area contributed by atoms with Crippen LogP contribution in [0, 0.1) is 0 Å². The van der Waals surface area contributed by atoms with Crippen LogP contribution >= 0.6 is 0 Å². The summed E-state index contributed by atoms with van der Waals surface area (Å²) >= 11 is 0. The lowest BCUT2D eigenvalue weighted by molar-refractivity contribution is 0.0996. The van der Waals surface area contributed by atoms with E-state index in [1.807, 2.05) is 0 Å². The molecule has 1 atom stereocenters. The SMILES string of the molecule is C=S(C)(=O)Nc1cncc(-c2cnc(N)c(C(N)=O)n2)c1. The number of amides is 1. The molecule has 110 valence electrons. The molecule has 1 amide bonds. The number of nitrogens with one attached hydrogen (secondary N) is 1. The zero-order valence-electron chi connectivity index (χ0n) is 11.2. The molecule has 9 heteroatoms. The Kier molecular flexibility index (Phi) is 3.76. The quantitative estimate of drug-likeness (QED) is 0.674. The molecule has 0 saturated heterocycles. The van der Waals surface area contributed by atoms with E-state index in [1.165, 1.54) is 24.8 Å². The van der Waals surface area contributed by atoms with Gasteiger partial charge >= 0.3 is 0 Å². The molecule has 0 aromatic carbocycles. The molecule has 0 spiro atoms. The van der Waals surface area contributed by atoms with Crippen LogP contribution < -0.4 is 16.2 Å². The summed E-state index contributed by atoms with van der Waals surface area (Å²) in [6.07, 6.45) is 5.89. The smallest absolute Gasteiger partial charge is 0.271 e. The summed E-state index contributed by atoms with van der Waals surface area (Å²) in [6.45, 7) is 0. The summed E-state index contributed by atoms with van der Waals surface area (Å²) in [7, 11) is -2.42. The normalized spacial score (nSPS) is 13.4. The van der Waals surface area contributed by atoms with Gasteiger partial charge in [0.25, 0.3) is 5.91 Å². The number of pyridine rings is 1. The van der Waals surface area contributed by atoms with Crippen molar-refractivity contribution >= 4 is 33.0 Å². The van der Waals surface area contributed by atoms with Gasteiger partial charge in [-0.2, -0.15) is 0 Å². The fourth-order valence-corrected chi connectivity index (χ4v) is 2.21. The molecule has 5 N–H and O–H groups in total. The van der Waals surface area contributed by atoms with Gasteiger partial charge in [-0.05, 0) is 11.9 Å². The summed E-state index contributed by atoms with van der Waals surface area (Å²) < 4.78 is 14.4. The van der Waals surface area contributed by atoms with E-state index in [2.05, 4.69) is 25.5 Å². The summed E-state index contributed by atoms with van der Waals surface area (Å²) in [5.41, 5.74) is 12.1. The van der Waals surface area contributed by atoms with Crippen LogP contribution in [0.5, 0.6) is 0 Å². The van der Waals surface area contributed by atoms with Crippen molar-refractivity contribution in [1.82, 2.24) is 15.0 Å². The first-order valence-corrected chi connectivity index (χ1v) is 7.87. The van der Waals surface area contributed by atoms with Gasteiger partial charge < -0.3 is 16.2 Å². The molecule has 1 unspecified atom stereocenters. The average Bonchev–Trinajstić information content (AvgIpc) is 2.37. The predicted molar refractivity (Wildman–Crippen MR) is 83.0 cm³/mol. The van der Waals surface area contributed by atoms with Gasteiger partial charge in [0, 0.05) is 27.7 Å². The van der Waals surface area contributed by atoms with E-state index in [9.17, 15) is 9.00 Å². The standard InChI is InChI=1S/C12H14N6O2S/c1-21(2,20)18-8-3-7(4-15-5-8)9-6-16-11(13)10(17-9)12(14)19/h3-6H,1H2,2H3,(H2,13,16)(H2,14,19)(H,18,20). The Hall–Kier alpha value is -2.68. The molecule has 0 radical (unpaired) electrons. The first-order chi connectivity index (χ1) is 9.76. The zero-order valence-corrected chi connectivity index (χ0v) is 12.1. The lowest BCUT2D eigenvalue weighted by Gasteiger charge is -2.09. The molecule has 2 rings (SSSR count). The van der Waals surface area contributed by atoms with E-state index < -0.39 is 15.6 Å². The zero-order chi connectivity index (χ0) is 15.6. The Labute approximate surface area is 121 Å². The van der Waals surface area contributed by atoms with Crippen molar-refractivity contribution in [1.29, 1.82) is 0 Å². The van der Waals surface area contributed by atoms with Crippen LogP contribution in [0.2, 0.25) is 0 Å². The van der Waals surface area contributed by atoms with Crippen LogP contribution in [0.4, 0.5) is 11.5 Å². The number of nitrogen functional groups attached to an aromatic ring is 1. The topological polar surface area (TPSA) is 137 Å². The Morgan fingerprint density at radius 3 is 2.71 bits per heavy atom. The minimum Gasteiger partial charge on any atom is -0.382 e. The van der Waals surface area contributed by atoms with Crippen molar-refractivity contribution in [2.75, 3.05) is 16.7 Å². The Morgan fingerprint density at radius 2 is 2.10 bits per heavy atom. The second-order valence-corrected chi connectivity index (χ2v) is 6.64. The fraction of sp³-hybridized carbons (Fsp3) is 0.0833. The first kappa shape index (κ1) is 14.7. The van der Waals surface area contributed by atoms with E-state index in [0.29, 0.717) is 16.9 Å². The molecule has 0 aliphatic heterocycles. The highest BCUT2D eigenvalue weighted by Gasteiger charge is 2.12. The highest BCUT2D eigenvalue weighted by molar-refractivity contribution is 8.00. The Morgan fingerprint density at radius 1 is 1.38 bits per heavy atom. The Bertz CT molecular complexity index is 803. The highest BCUT2D eigenvalue weighted by Crippen LogP contribution is 2.21. The number of nitrogens with zero attached hydrogens (tertiary/aromatic N) is 3. The van der Waals surface area contributed by atoms with E-state index in [1.54, 1.807) is 6.07 Å². The molecule has 8 nitrogen and oxygen atoms in total. The second-order valence-electron chi connectivity index (χ2n) is 4.42. The van der Waals surface area contributed by atoms with Crippen molar-refractivity contribution in [3.8, 4) is 11.3 Å². The minimum atomic E-state index is -2.42. The van der Waals surface area contributed by atoms with Crippen LogP contribution in [0.1, 0.15) is 10.5 Å². The molecule has 2 aromatic heterocycles. The summed E-state index contributed by atoms with van der Waals surface area (Å²) in [6, 6.07) is 1.66. The molecule has 0 aliphatic rings. The van der Waals surface area contributed by atoms with E-state index >= 15 is 0 Å². The number of aromatic nitrogens is 3. The van der Waals surface area contributed by atoms with Crippen molar-refractivity contribution in [2.45, 2.75) is 0 Å². The first-order valence-electron chi connectivity index (χ1n) is 5.74. The second kappa shape index (κ2) is 5.37. The number of hydrogen-bond acceptors (Lipinski definition) is 6. The van der Waals surface area contributed by atoms with Crippen molar-refractivity contribution in [3.63, 3.8) is 0 Å². The van der Waals surface area contributed by atoms with Crippen LogP contribution in [0.25, 0.3) is 11.3 Å². The largest absolute Gasteiger partial charge is 0.382 e. The number of carbonyl (C=O) groups excluding carboxylic acids is 1. The van der Waals surface area contributed by atoms with Crippen LogP contribution in [0.3, 0.4) is 0 Å². The molecule has 21 heavy (non-hydrogen) atoms. The van der Waals surface area contributed by atoms with E-state index in [-0.39, 0.29) is 11.5 Å². The molecule has 0 aliphatic carbocycles. The molecular formula is C12H14N6O2S. The van der Waals surface area contributed by atoms with Gasteiger partial charge in [0.1, 0.15) is 0 Å². The van der Waals surface area contributed by atoms with E-state index in [0.717, 1.165) is 0 Å². The lowest BCUT2D eigenvalue weighted by Crippen LogP contribution is -2.17. The maximum atomic E-state index is 11.6. The fourth-order valence-electron chi connectivity index (χ4n) is 1.60. The molecule has 2 heterocycles. The Balaban J connectivity index is 2.45. The van der Waals surface area contributed by atoms with Crippen LogP contribution in [-0.2, 0) is 9.71 Å². The summed E-state index contributed by atoms with van der Waals surface area (Å²) in [5, 5.41) is 0. The maximum Gasteiger partial charge on any atom is 0.271 e. The van der Waals surface area contributed by atoms with Gasteiger partial charge in [-0.15, -0.1) is 0 Å². The average molecular weight is 306 g/mol. The van der Waals surface area contributed by atoms with Gasteiger partial charge in [-0.1, -0.05) is 0 Å². The predicted octanol–water partition coefficient (Wildman–Crippen LogP) is -0.107. The number of nitrogens with two attached hydrogens (primary N) is 2. The molecule has 0 fully saturated rings. The number of anilines is 2. The number of hydrogen-bond donors (Lipinski definition) is 3. The molecular weight excluding hydrogens is 292 g/mol.